The summed E-state index contributed by atoms with van der Waals surface area (Å²) in [7, 11) is 0. The molecule has 1 aromatic carbocycles. The first-order valence-electron chi connectivity index (χ1n) is 6.73. The largest absolute Gasteiger partial charge is 0.466 e. The lowest BCUT2D eigenvalue weighted by Gasteiger charge is -2.22. The fraction of sp³-hybridized carbons (Fsp3) is 0.533. The summed E-state index contributed by atoms with van der Waals surface area (Å²) >= 11 is 0. The molecule has 0 fully saturated rings. The fourth-order valence-corrected chi connectivity index (χ4v) is 1.83. The molecule has 0 atom stereocenters. The van der Waals surface area contributed by atoms with Gasteiger partial charge in [0, 0.05) is 25.2 Å². The van der Waals surface area contributed by atoms with Crippen molar-refractivity contribution < 1.29 is 9.53 Å². The third kappa shape index (κ3) is 5.21. The molecule has 0 saturated heterocycles. The van der Waals surface area contributed by atoms with Gasteiger partial charge in [-0.05, 0) is 31.9 Å². The van der Waals surface area contributed by atoms with Crippen LogP contribution < -0.4 is 4.90 Å². The molecule has 0 aromatic heterocycles. The molecular weight excluding hydrogens is 226 g/mol. The molecule has 3 nitrogen and oxygen atoms in total. The quantitative estimate of drug-likeness (QED) is 0.523. The van der Waals surface area contributed by atoms with Crippen molar-refractivity contribution in [3.05, 3.63) is 30.3 Å². The van der Waals surface area contributed by atoms with Gasteiger partial charge in [-0.1, -0.05) is 25.1 Å². The number of carbonyl (C=O) groups is 1. The Bertz CT molecular complexity index is 338. The van der Waals surface area contributed by atoms with E-state index in [0.29, 0.717) is 13.0 Å². The van der Waals surface area contributed by atoms with Crippen LogP contribution in [0.2, 0.25) is 0 Å². The molecule has 0 aliphatic rings. The van der Waals surface area contributed by atoms with Gasteiger partial charge in [0.1, 0.15) is 0 Å². The maximum Gasteiger partial charge on any atom is 0.305 e. The highest BCUT2D eigenvalue weighted by molar-refractivity contribution is 5.69. The lowest BCUT2D eigenvalue weighted by Crippen LogP contribution is -2.25. The molecule has 1 rings (SSSR count). The number of carbonyl (C=O) groups excluding carboxylic acids is 1. The van der Waals surface area contributed by atoms with Gasteiger partial charge in [0.25, 0.3) is 0 Å². The molecule has 0 heterocycles. The van der Waals surface area contributed by atoms with Crippen LogP contribution in [0.5, 0.6) is 0 Å². The monoisotopic (exact) mass is 249 g/mol. The Hall–Kier alpha value is -1.51. The van der Waals surface area contributed by atoms with Crippen molar-refractivity contribution in [2.24, 2.45) is 0 Å². The Balaban J connectivity index is 2.26. The molecule has 0 unspecified atom stereocenters. The van der Waals surface area contributed by atoms with E-state index in [0.717, 1.165) is 25.9 Å². The summed E-state index contributed by atoms with van der Waals surface area (Å²) in [6.45, 7) is 6.51. The summed E-state index contributed by atoms with van der Waals surface area (Å²) in [5, 5.41) is 0. The lowest BCUT2D eigenvalue weighted by molar-refractivity contribution is -0.143. The van der Waals surface area contributed by atoms with Gasteiger partial charge < -0.3 is 9.64 Å². The second-order valence-electron chi connectivity index (χ2n) is 4.24. The molecule has 3 heteroatoms. The van der Waals surface area contributed by atoms with E-state index in [2.05, 4.69) is 24.0 Å². The highest BCUT2D eigenvalue weighted by atomic mass is 16.5. The second kappa shape index (κ2) is 8.56. The zero-order valence-electron chi connectivity index (χ0n) is 11.4. The molecule has 1 aromatic rings. The van der Waals surface area contributed by atoms with E-state index in [1.54, 1.807) is 0 Å². The molecule has 0 aliphatic heterocycles. The van der Waals surface area contributed by atoms with E-state index in [4.69, 9.17) is 4.74 Å². The van der Waals surface area contributed by atoms with Crippen LogP contribution in [0.15, 0.2) is 30.3 Å². The number of hydrogen-bond acceptors (Lipinski definition) is 3. The van der Waals surface area contributed by atoms with Crippen LogP contribution >= 0.6 is 0 Å². The number of esters is 1. The number of para-hydroxylation sites is 1. The number of ether oxygens (including phenoxy) is 1. The van der Waals surface area contributed by atoms with Crippen LogP contribution in [0.3, 0.4) is 0 Å². The van der Waals surface area contributed by atoms with E-state index in [-0.39, 0.29) is 5.97 Å². The predicted molar refractivity (Wildman–Crippen MR) is 74.8 cm³/mol. The van der Waals surface area contributed by atoms with Gasteiger partial charge in [0.2, 0.25) is 0 Å². The predicted octanol–water partition coefficient (Wildman–Crippen LogP) is 3.25. The molecule has 100 valence electrons. The van der Waals surface area contributed by atoms with Gasteiger partial charge in [0.05, 0.1) is 6.61 Å². The summed E-state index contributed by atoms with van der Waals surface area (Å²) in [4.78, 5) is 13.5. The lowest BCUT2D eigenvalue weighted by atomic mass is 10.2. The van der Waals surface area contributed by atoms with Gasteiger partial charge in [-0.25, -0.2) is 0 Å². The van der Waals surface area contributed by atoms with Crippen LogP contribution in [0.25, 0.3) is 0 Å². The fourth-order valence-electron chi connectivity index (χ4n) is 1.83. The summed E-state index contributed by atoms with van der Waals surface area (Å²) < 4.78 is 5.15. The van der Waals surface area contributed by atoms with E-state index >= 15 is 0 Å². The molecule has 0 aliphatic carbocycles. The van der Waals surface area contributed by atoms with Gasteiger partial charge in [-0.2, -0.15) is 0 Å². The maximum atomic E-state index is 11.2. The SMILES string of the molecule is CCCC(=O)OCCCN(CC)c1ccccc1. The van der Waals surface area contributed by atoms with Crippen molar-refractivity contribution in [1.29, 1.82) is 0 Å². The minimum Gasteiger partial charge on any atom is -0.466 e. The summed E-state index contributed by atoms with van der Waals surface area (Å²) in [5.41, 5.74) is 1.22. The number of nitrogens with zero attached hydrogens (tertiary/aromatic N) is 1. The van der Waals surface area contributed by atoms with Crippen LogP contribution in [0.4, 0.5) is 5.69 Å². The molecule has 0 amide bonds. The first kappa shape index (κ1) is 14.6. The number of rotatable bonds is 8. The normalized spacial score (nSPS) is 10.1. The Kier molecular flexibility index (Phi) is 6.92. The number of hydrogen-bond donors (Lipinski definition) is 0. The molecule has 0 radical (unpaired) electrons. The average Bonchev–Trinajstić information content (AvgIpc) is 2.40. The van der Waals surface area contributed by atoms with Crippen LogP contribution in [0, 0.1) is 0 Å². The average molecular weight is 249 g/mol. The van der Waals surface area contributed by atoms with Crippen molar-refractivity contribution >= 4 is 11.7 Å². The van der Waals surface area contributed by atoms with E-state index in [1.807, 2.05) is 25.1 Å². The zero-order valence-corrected chi connectivity index (χ0v) is 11.4. The Labute approximate surface area is 110 Å². The minimum atomic E-state index is -0.0831. The van der Waals surface area contributed by atoms with E-state index in [1.165, 1.54) is 5.69 Å². The van der Waals surface area contributed by atoms with Crippen LogP contribution in [-0.2, 0) is 9.53 Å². The first-order chi connectivity index (χ1) is 8.77. The summed E-state index contributed by atoms with van der Waals surface area (Å²) in [6.07, 6.45) is 2.25. The molecule has 0 N–H and O–H groups in total. The highest BCUT2D eigenvalue weighted by Gasteiger charge is 2.04. The number of anilines is 1. The van der Waals surface area contributed by atoms with Crippen LogP contribution in [0.1, 0.15) is 33.1 Å². The van der Waals surface area contributed by atoms with Gasteiger partial charge in [0.15, 0.2) is 0 Å². The highest BCUT2D eigenvalue weighted by Crippen LogP contribution is 2.12. The standard InChI is InChI=1S/C15H23NO2/c1-3-9-15(17)18-13-8-12-16(4-2)14-10-6-5-7-11-14/h5-7,10-11H,3-4,8-9,12-13H2,1-2H3. The van der Waals surface area contributed by atoms with Crippen LogP contribution in [-0.4, -0.2) is 25.7 Å². The molecule has 18 heavy (non-hydrogen) atoms. The maximum absolute atomic E-state index is 11.2. The van der Waals surface area contributed by atoms with Crippen molar-refractivity contribution in [3.63, 3.8) is 0 Å². The zero-order chi connectivity index (χ0) is 13.2. The third-order valence-corrected chi connectivity index (χ3v) is 2.79. The molecule has 0 spiro atoms. The Morgan fingerprint density at radius 2 is 1.94 bits per heavy atom. The van der Waals surface area contributed by atoms with E-state index < -0.39 is 0 Å². The van der Waals surface area contributed by atoms with Crippen molar-refractivity contribution in [2.45, 2.75) is 33.1 Å². The summed E-state index contributed by atoms with van der Waals surface area (Å²) in [6, 6.07) is 10.3. The third-order valence-electron chi connectivity index (χ3n) is 2.79. The van der Waals surface area contributed by atoms with E-state index in [9.17, 15) is 4.79 Å². The molecule has 0 saturated carbocycles. The second-order valence-corrected chi connectivity index (χ2v) is 4.24. The van der Waals surface area contributed by atoms with Gasteiger partial charge in [-0.3, -0.25) is 4.79 Å². The van der Waals surface area contributed by atoms with Gasteiger partial charge >= 0.3 is 5.97 Å². The van der Waals surface area contributed by atoms with Gasteiger partial charge in [-0.15, -0.1) is 0 Å². The molecular formula is C15H23NO2. The Morgan fingerprint density at radius 1 is 1.22 bits per heavy atom. The topological polar surface area (TPSA) is 29.5 Å². The van der Waals surface area contributed by atoms with Crippen molar-refractivity contribution in [2.75, 3.05) is 24.6 Å². The van der Waals surface area contributed by atoms with Crippen molar-refractivity contribution in [1.82, 2.24) is 0 Å². The van der Waals surface area contributed by atoms with Crippen molar-refractivity contribution in [3.8, 4) is 0 Å². The summed E-state index contributed by atoms with van der Waals surface area (Å²) in [5.74, 6) is -0.0831. The smallest absolute Gasteiger partial charge is 0.305 e. The first-order valence-corrected chi connectivity index (χ1v) is 6.73. The Morgan fingerprint density at radius 3 is 2.56 bits per heavy atom. The number of benzene rings is 1. The minimum absolute atomic E-state index is 0.0831. The molecule has 0 bridgehead atoms.